The van der Waals surface area contributed by atoms with Gasteiger partial charge in [0.2, 0.25) is 0 Å². The number of urea groups is 1. The molecule has 2 aliphatic carbocycles. The Bertz CT molecular complexity index is 276. The van der Waals surface area contributed by atoms with Crippen molar-refractivity contribution in [3.8, 4) is 0 Å². The molecule has 0 radical (unpaired) electrons. The molecule has 2 rings (SSSR count). The lowest BCUT2D eigenvalue weighted by atomic mass is 10.3. The van der Waals surface area contributed by atoms with Crippen LogP contribution < -0.4 is 10.6 Å². The SMILES string of the molecule is O=C(O)CCNC(=O)N[C@@H]1C[C@H]1C1CC1. The van der Waals surface area contributed by atoms with Crippen molar-refractivity contribution in [2.75, 3.05) is 6.54 Å². The summed E-state index contributed by atoms with van der Waals surface area (Å²) in [5.74, 6) is 0.641. The molecule has 0 spiro atoms. The average Bonchev–Trinajstić information content (AvgIpc) is 2.95. The van der Waals surface area contributed by atoms with Crippen molar-refractivity contribution in [2.45, 2.75) is 31.7 Å². The van der Waals surface area contributed by atoms with E-state index in [9.17, 15) is 9.59 Å². The number of amides is 2. The number of carboxylic acids is 1. The number of hydrogen-bond donors (Lipinski definition) is 3. The van der Waals surface area contributed by atoms with E-state index >= 15 is 0 Å². The molecule has 0 bridgehead atoms. The van der Waals surface area contributed by atoms with Crippen molar-refractivity contribution in [1.29, 1.82) is 0 Å². The zero-order valence-electron chi connectivity index (χ0n) is 8.53. The lowest BCUT2D eigenvalue weighted by Gasteiger charge is -2.05. The fourth-order valence-electron chi connectivity index (χ4n) is 1.93. The van der Waals surface area contributed by atoms with Crippen molar-refractivity contribution in [3.05, 3.63) is 0 Å². The first kappa shape index (κ1) is 10.3. The highest BCUT2D eigenvalue weighted by molar-refractivity contribution is 5.75. The van der Waals surface area contributed by atoms with Gasteiger partial charge in [-0.15, -0.1) is 0 Å². The molecule has 0 aromatic rings. The van der Waals surface area contributed by atoms with Crippen LogP contribution in [0.1, 0.15) is 25.7 Å². The average molecular weight is 212 g/mol. The van der Waals surface area contributed by atoms with Gasteiger partial charge in [-0.1, -0.05) is 0 Å². The summed E-state index contributed by atoms with van der Waals surface area (Å²) >= 11 is 0. The minimum absolute atomic E-state index is 0.0237. The van der Waals surface area contributed by atoms with Crippen molar-refractivity contribution in [1.82, 2.24) is 10.6 Å². The van der Waals surface area contributed by atoms with Gasteiger partial charge in [-0.25, -0.2) is 4.79 Å². The van der Waals surface area contributed by atoms with E-state index in [1.54, 1.807) is 0 Å². The maximum Gasteiger partial charge on any atom is 0.315 e. The predicted molar refractivity (Wildman–Crippen MR) is 53.4 cm³/mol. The minimum atomic E-state index is -0.891. The molecule has 0 aliphatic heterocycles. The van der Waals surface area contributed by atoms with Gasteiger partial charge in [0.1, 0.15) is 0 Å². The van der Waals surface area contributed by atoms with Crippen LogP contribution in [0.4, 0.5) is 4.79 Å². The van der Waals surface area contributed by atoms with Crippen LogP contribution >= 0.6 is 0 Å². The topological polar surface area (TPSA) is 78.4 Å². The van der Waals surface area contributed by atoms with E-state index in [2.05, 4.69) is 10.6 Å². The third-order valence-electron chi connectivity index (χ3n) is 3.01. The summed E-state index contributed by atoms with van der Waals surface area (Å²) in [4.78, 5) is 21.4. The van der Waals surface area contributed by atoms with E-state index in [0.717, 1.165) is 12.3 Å². The Morgan fingerprint density at radius 2 is 2.07 bits per heavy atom. The second-order valence-electron chi connectivity index (χ2n) is 4.39. The van der Waals surface area contributed by atoms with Gasteiger partial charge in [0.25, 0.3) is 0 Å². The maximum absolute atomic E-state index is 11.2. The zero-order chi connectivity index (χ0) is 10.8. The number of carbonyl (C=O) groups is 2. The van der Waals surface area contributed by atoms with E-state index in [-0.39, 0.29) is 19.0 Å². The summed E-state index contributed by atoms with van der Waals surface area (Å²) in [7, 11) is 0. The van der Waals surface area contributed by atoms with Crippen LogP contribution in [0, 0.1) is 11.8 Å². The van der Waals surface area contributed by atoms with Crippen LogP contribution in [-0.4, -0.2) is 29.7 Å². The highest BCUT2D eigenvalue weighted by Gasteiger charge is 2.48. The van der Waals surface area contributed by atoms with Gasteiger partial charge < -0.3 is 15.7 Å². The van der Waals surface area contributed by atoms with Crippen LogP contribution in [0.5, 0.6) is 0 Å². The number of hydrogen-bond acceptors (Lipinski definition) is 2. The Morgan fingerprint density at radius 3 is 2.67 bits per heavy atom. The van der Waals surface area contributed by atoms with Gasteiger partial charge in [0.15, 0.2) is 0 Å². The van der Waals surface area contributed by atoms with Crippen LogP contribution in [-0.2, 0) is 4.79 Å². The maximum atomic E-state index is 11.2. The second-order valence-corrected chi connectivity index (χ2v) is 4.39. The normalized spacial score (nSPS) is 28.3. The Balaban J connectivity index is 1.55. The molecule has 2 saturated carbocycles. The first-order valence-corrected chi connectivity index (χ1v) is 5.43. The van der Waals surface area contributed by atoms with Gasteiger partial charge in [-0.05, 0) is 31.1 Å². The molecular formula is C10H16N2O3. The monoisotopic (exact) mass is 212 g/mol. The van der Waals surface area contributed by atoms with E-state index in [4.69, 9.17) is 5.11 Å². The summed E-state index contributed by atoms with van der Waals surface area (Å²) in [6.45, 7) is 0.196. The molecule has 0 heterocycles. The molecule has 2 atom stereocenters. The largest absolute Gasteiger partial charge is 0.481 e. The molecule has 5 heteroatoms. The number of nitrogens with one attached hydrogen (secondary N) is 2. The van der Waals surface area contributed by atoms with Gasteiger partial charge >= 0.3 is 12.0 Å². The van der Waals surface area contributed by atoms with Crippen LogP contribution in [0.15, 0.2) is 0 Å². The lowest BCUT2D eigenvalue weighted by Crippen LogP contribution is -2.38. The van der Waals surface area contributed by atoms with E-state index in [0.29, 0.717) is 12.0 Å². The predicted octanol–water partition coefficient (Wildman–Crippen LogP) is 0.559. The van der Waals surface area contributed by atoms with Gasteiger partial charge in [-0.3, -0.25) is 4.79 Å². The molecule has 2 amide bonds. The molecule has 0 saturated heterocycles. The fourth-order valence-corrected chi connectivity index (χ4v) is 1.93. The van der Waals surface area contributed by atoms with Crippen molar-refractivity contribution in [3.63, 3.8) is 0 Å². The quantitative estimate of drug-likeness (QED) is 0.623. The van der Waals surface area contributed by atoms with Crippen LogP contribution in [0.25, 0.3) is 0 Å². The highest BCUT2D eigenvalue weighted by Crippen LogP contribution is 2.49. The molecule has 15 heavy (non-hydrogen) atoms. The Kier molecular flexibility index (Phi) is 2.79. The van der Waals surface area contributed by atoms with Crippen LogP contribution in [0.3, 0.4) is 0 Å². The standard InChI is InChI=1S/C10H16N2O3/c13-9(14)3-4-11-10(15)12-8-5-7(8)6-1-2-6/h6-8H,1-5H2,(H,13,14)(H2,11,12,15)/t7-,8+/m0/s1. The van der Waals surface area contributed by atoms with E-state index in [1.165, 1.54) is 12.8 Å². The van der Waals surface area contributed by atoms with Gasteiger partial charge in [0.05, 0.1) is 6.42 Å². The summed E-state index contributed by atoms with van der Waals surface area (Å²) < 4.78 is 0. The second kappa shape index (κ2) is 4.08. The molecule has 3 N–H and O–H groups in total. The molecule has 5 nitrogen and oxygen atoms in total. The number of rotatable bonds is 5. The van der Waals surface area contributed by atoms with E-state index < -0.39 is 5.97 Å². The summed E-state index contributed by atoms with van der Waals surface area (Å²) in [6.07, 6.45) is 3.69. The first-order chi connectivity index (χ1) is 7.16. The molecule has 0 aromatic carbocycles. The first-order valence-electron chi connectivity index (χ1n) is 5.43. The lowest BCUT2D eigenvalue weighted by molar-refractivity contribution is -0.136. The number of carbonyl (C=O) groups excluding carboxylic acids is 1. The summed E-state index contributed by atoms with van der Waals surface area (Å²) in [5.41, 5.74) is 0. The molecular weight excluding hydrogens is 196 g/mol. The molecule has 2 fully saturated rings. The minimum Gasteiger partial charge on any atom is -0.481 e. The zero-order valence-corrected chi connectivity index (χ0v) is 8.53. The molecule has 0 unspecified atom stereocenters. The smallest absolute Gasteiger partial charge is 0.315 e. The van der Waals surface area contributed by atoms with Gasteiger partial charge in [0, 0.05) is 12.6 Å². The molecule has 2 aliphatic rings. The fraction of sp³-hybridized carbons (Fsp3) is 0.800. The number of aliphatic carboxylic acids is 1. The Morgan fingerprint density at radius 1 is 1.33 bits per heavy atom. The van der Waals surface area contributed by atoms with Crippen molar-refractivity contribution in [2.24, 2.45) is 11.8 Å². The summed E-state index contributed by atoms with van der Waals surface area (Å²) in [5, 5.41) is 13.8. The Labute approximate surface area is 88.2 Å². The number of carboxylic acid groups (broad SMARTS) is 1. The van der Waals surface area contributed by atoms with Crippen LogP contribution in [0.2, 0.25) is 0 Å². The van der Waals surface area contributed by atoms with Crippen molar-refractivity contribution < 1.29 is 14.7 Å². The Hall–Kier alpha value is -1.26. The van der Waals surface area contributed by atoms with Gasteiger partial charge in [-0.2, -0.15) is 0 Å². The molecule has 84 valence electrons. The third kappa shape index (κ3) is 3.11. The highest BCUT2D eigenvalue weighted by atomic mass is 16.4. The van der Waals surface area contributed by atoms with E-state index in [1.807, 2.05) is 0 Å². The third-order valence-corrected chi connectivity index (χ3v) is 3.01. The summed E-state index contributed by atoms with van der Waals surface area (Å²) in [6, 6.07) is 0.103. The van der Waals surface area contributed by atoms with Crippen molar-refractivity contribution >= 4 is 12.0 Å². The molecule has 0 aromatic heterocycles.